The Balaban J connectivity index is 2.07. The first-order chi connectivity index (χ1) is 14.8. The standard InChI is InChI=1S/C21H24ClN3O6S/c1-21(2,3)24-20(28)23-18(26)13-31-19(27)14-7-5-10-17(11-14)32(29,30)25(4)16-9-6-8-15(22)12-16/h5-12H,13H2,1-4H3,(H2,23,24,26,28). The maximum absolute atomic E-state index is 12.9. The molecule has 2 aromatic carbocycles. The quantitative estimate of drug-likeness (QED) is 0.612. The van der Waals surface area contributed by atoms with E-state index in [0.29, 0.717) is 10.7 Å². The average Bonchev–Trinajstić information content (AvgIpc) is 2.70. The van der Waals surface area contributed by atoms with Crippen LogP contribution in [-0.4, -0.2) is 45.5 Å². The van der Waals surface area contributed by atoms with Gasteiger partial charge in [0.15, 0.2) is 6.61 Å². The number of esters is 1. The number of urea groups is 1. The second kappa shape index (κ2) is 10.0. The third kappa shape index (κ3) is 6.96. The van der Waals surface area contributed by atoms with Crippen LogP contribution in [0.1, 0.15) is 31.1 Å². The van der Waals surface area contributed by atoms with Crippen LogP contribution in [0.4, 0.5) is 10.5 Å². The van der Waals surface area contributed by atoms with Crippen LogP contribution in [0.5, 0.6) is 0 Å². The molecule has 0 aliphatic rings. The molecule has 0 fully saturated rings. The van der Waals surface area contributed by atoms with Crippen LogP contribution in [0, 0.1) is 0 Å². The summed E-state index contributed by atoms with van der Waals surface area (Å²) in [6.07, 6.45) is 0. The van der Waals surface area contributed by atoms with E-state index in [4.69, 9.17) is 16.3 Å². The number of imide groups is 1. The van der Waals surface area contributed by atoms with Crippen molar-refractivity contribution in [2.75, 3.05) is 18.0 Å². The molecule has 0 spiro atoms. The molecule has 0 aliphatic carbocycles. The number of rotatable bonds is 6. The molecule has 0 heterocycles. The van der Waals surface area contributed by atoms with Gasteiger partial charge in [-0.3, -0.25) is 14.4 Å². The molecule has 2 aromatic rings. The molecule has 0 atom stereocenters. The fraction of sp³-hybridized carbons (Fsp3) is 0.286. The Kier molecular flexibility index (Phi) is 7.87. The van der Waals surface area contributed by atoms with Gasteiger partial charge in [-0.1, -0.05) is 23.7 Å². The van der Waals surface area contributed by atoms with Gasteiger partial charge in [0.1, 0.15) is 0 Å². The van der Waals surface area contributed by atoms with Crippen molar-refractivity contribution in [2.45, 2.75) is 31.2 Å². The van der Waals surface area contributed by atoms with Crippen molar-refractivity contribution in [2.24, 2.45) is 0 Å². The lowest BCUT2D eigenvalue weighted by atomic mass is 10.1. The number of amides is 3. The molecule has 0 radical (unpaired) electrons. The SMILES string of the molecule is CN(c1cccc(Cl)c1)S(=O)(=O)c1cccc(C(=O)OCC(=O)NC(=O)NC(C)(C)C)c1. The fourth-order valence-corrected chi connectivity index (χ4v) is 3.92. The molecule has 0 saturated carbocycles. The van der Waals surface area contributed by atoms with Crippen LogP contribution in [-0.2, 0) is 19.6 Å². The molecule has 32 heavy (non-hydrogen) atoms. The summed E-state index contributed by atoms with van der Waals surface area (Å²) >= 11 is 5.93. The summed E-state index contributed by atoms with van der Waals surface area (Å²) in [7, 11) is -2.63. The van der Waals surface area contributed by atoms with Crippen molar-refractivity contribution in [3.63, 3.8) is 0 Å². The van der Waals surface area contributed by atoms with Crippen molar-refractivity contribution in [1.82, 2.24) is 10.6 Å². The molecular weight excluding hydrogens is 458 g/mol. The highest BCUT2D eigenvalue weighted by atomic mass is 35.5. The number of ether oxygens (including phenoxy) is 1. The molecule has 2 N–H and O–H groups in total. The van der Waals surface area contributed by atoms with Gasteiger partial charge < -0.3 is 10.1 Å². The third-order valence-corrected chi connectivity index (χ3v) is 5.99. The monoisotopic (exact) mass is 481 g/mol. The highest BCUT2D eigenvalue weighted by Crippen LogP contribution is 2.25. The number of carbonyl (C=O) groups excluding carboxylic acids is 3. The largest absolute Gasteiger partial charge is 0.452 e. The summed E-state index contributed by atoms with van der Waals surface area (Å²) in [5.41, 5.74) is -0.279. The molecule has 0 unspecified atom stereocenters. The minimum absolute atomic E-state index is 0.0717. The fourth-order valence-electron chi connectivity index (χ4n) is 2.50. The zero-order chi connectivity index (χ0) is 24.1. The smallest absolute Gasteiger partial charge is 0.338 e. The highest BCUT2D eigenvalue weighted by Gasteiger charge is 2.23. The highest BCUT2D eigenvalue weighted by molar-refractivity contribution is 7.92. The van der Waals surface area contributed by atoms with E-state index in [1.807, 2.05) is 5.32 Å². The number of halogens is 1. The summed E-state index contributed by atoms with van der Waals surface area (Å²) in [6.45, 7) is 4.50. The van der Waals surface area contributed by atoms with E-state index in [0.717, 1.165) is 10.4 Å². The van der Waals surface area contributed by atoms with Crippen molar-refractivity contribution >= 4 is 45.2 Å². The maximum atomic E-state index is 12.9. The second-order valence-electron chi connectivity index (χ2n) is 7.81. The topological polar surface area (TPSA) is 122 Å². The Labute approximate surface area is 191 Å². The van der Waals surface area contributed by atoms with Gasteiger partial charge in [-0.2, -0.15) is 0 Å². The van der Waals surface area contributed by atoms with E-state index < -0.39 is 40.1 Å². The molecule has 3 amide bonds. The lowest BCUT2D eigenvalue weighted by Crippen LogP contribution is -2.49. The summed E-state index contributed by atoms with van der Waals surface area (Å²) in [6, 6.07) is 10.8. The van der Waals surface area contributed by atoms with Crippen molar-refractivity contribution in [3.05, 3.63) is 59.1 Å². The zero-order valence-electron chi connectivity index (χ0n) is 18.0. The minimum atomic E-state index is -3.99. The number of nitrogens with one attached hydrogen (secondary N) is 2. The van der Waals surface area contributed by atoms with Crippen LogP contribution in [0.2, 0.25) is 5.02 Å². The summed E-state index contributed by atoms with van der Waals surface area (Å²) in [4.78, 5) is 35.6. The molecule has 0 aliphatic heterocycles. The molecule has 2 rings (SSSR count). The van der Waals surface area contributed by atoms with Crippen molar-refractivity contribution in [1.29, 1.82) is 0 Å². The van der Waals surface area contributed by atoms with Gasteiger partial charge in [0, 0.05) is 17.6 Å². The first kappa shape index (κ1) is 25.2. The first-order valence-corrected chi connectivity index (χ1v) is 11.2. The van der Waals surface area contributed by atoms with Crippen molar-refractivity contribution < 1.29 is 27.5 Å². The molecule has 172 valence electrons. The van der Waals surface area contributed by atoms with Crippen LogP contribution in [0.15, 0.2) is 53.4 Å². The van der Waals surface area contributed by atoms with E-state index in [1.165, 1.54) is 31.3 Å². The molecule has 11 heteroatoms. The van der Waals surface area contributed by atoms with Gasteiger partial charge in [-0.15, -0.1) is 0 Å². The predicted molar refractivity (Wildman–Crippen MR) is 120 cm³/mol. The van der Waals surface area contributed by atoms with Gasteiger partial charge in [0.25, 0.3) is 15.9 Å². The number of anilines is 1. The van der Waals surface area contributed by atoms with E-state index in [2.05, 4.69) is 5.32 Å². The van der Waals surface area contributed by atoms with Gasteiger partial charge in [-0.05, 0) is 57.2 Å². The Morgan fingerprint density at radius 1 is 1.06 bits per heavy atom. The number of nitrogens with zero attached hydrogens (tertiary/aromatic N) is 1. The summed E-state index contributed by atoms with van der Waals surface area (Å²) in [5.74, 6) is -1.75. The van der Waals surface area contributed by atoms with Crippen LogP contribution in [0.3, 0.4) is 0 Å². The van der Waals surface area contributed by atoms with Crippen molar-refractivity contribution in [3.8, 4) is 0 Å². The number of benzene rings is 2. The Morgan fingerprint density at radius 2 is 1.72 bits per heavy atom. The normalized spacial score (nSPS) is 11.4. The molecular formula is C21H24ClN3O6S. The Bertz CT molecular complexity index is 1130. The summed E-state index contributed by atoms with van der Waals surface area (Å²) < 4.78 is 31.8. The van der Waals surface area contributed by atoms with Gasteiger partial charge >= 0.3 is 12.0 Å². The summed E-state index contributed by atoms with van der Waals surface area (Å²) in [5, 5.41) is 4.94. The predicted octanol–water partition coefficient (Wildman–Crippen LogP) is 2.95. The number of sulfonamides is 1. The van der Waals surface area contributed by atoms with Crippen LogP contribution >= 0.6 is 11.6 Å². The lowest BCUT2D eigenvalue weighted by molar-refractivity contribution is -0.123. The molecule has 0 saturated heterocycles. The van der Waals surface area contributed by atoms with E-state index >= 15 is 0 Å². The zero-order valence-corrected chi connectivity index (χ0v) is 19.6. The van der Waals surface area contributed by atoms with E-state index in [9.17, 15) is 22.8 Å². The first-order valence-electron chi connectivity index (χ1n) is 9.43. The minimum Gasteiger partial charge on any atom is -0.452 e. The van der Waals surface area contributed by atoms with E-state index in [-0.39, 0.29) is 10.5 Å². The molecule has 9 nitrogen and oxygen atoms in total. The lowest BCUT2D eigenvalue weighted by Gasteiger charge is -2.20. The van der Waals surface area contributed by atoms with Crippen LogP contribution < -0.4 is 14.9 Å². The average molecular weight is 482 g/mol. The van der Waals surface area contributed by atoms with E-state index in [1.54, 1.807) is 39.0 Å². The Morgan fingerprint density at radius 3 is 2.34 bits per heavy atom. The Hall–Kier alpha value is -3.11. The third-order valence-electron chi connectivity index (χ3n) is 3.98. The number of hydrogen-bond acceptors (Lipinski definition) is 6. The molecule has 0 bridgehead atoms. The maximum Gasteiger partial charge on any atom is 0.338 e. The number of hydrogen-bond donors (Lipinski definition) is 2. The van der Waals surface area contributed by atoms with Crippen LogP contribution in [0.25, 0.3) is 0 Å². The molecule has 0 aromatic heterocycles. The van der Waals surface area contributed by atoms with Gasteiger partial charge in [0.05, 0.1) is 16.1 Å². The van der Waals surface area contributed by atoms with Gasteiger partial charge in [0.2, 0.25) is 0 Å². The second-order valence-corrected chi connectivity index (χ2v) is 10.2. The number of carbonyl (C=O) groups is 3. The van der Waals surface area contributed by atoms with Gasteiger partial charge in [-0.25, -0.2) is 18.0 Å².